The lowest BCUT2D eigenvalue weighted by atomic mass is 10.3. The van der Waals surface area contributed by atoms with E-state index >= 15 is 0 Å². The first-order chi connectivity index (χ1) is 6.72. The van der Waals surface area contributed by atoms with Crippen LogP contribution in [0.2, 0.25) is 0 Å². The molecule has 1 unspecified atom stereocenters. The Labute approximate surface area is 82.7 Å². The molecule has 2 rings (SSSR count). The van der Waals surface area contributed by atoms with Gasteiger partial charge in [-0.2, -0.15) is 5.10 Å². The Morgan fingerprint density at radius 1 is 1.64 bits per heavy atom. The molecule has 0 radical (unpaired) electrons. The van der Waals surface area contributed by atoms with E-state index in [4.69, 9.17) is 0 Å². The molecule has 1 amide bonds. The van der Waals surface area contributed by atoms with Crippen LogP contribution in [-0.4, -0.2) is 35.3 Å². The standard InChI is InChI=1S/C9H14N4O/c1-10-7-3-6-13(9(7)14)8-4-5-12(2)11-8/h4-5,7,10H,3,6H2,1-2H3. The van der Waals surface area contributed by atoms with Crippen molar-refractivity contribution in [3.05, 3.63) is 12.3 Å². The first kappa shape index (κ1) is 9.21. The summed E-state index contributed by atoms with van der Waals surface area (Å²) in [6.07, 6.45) is 2.70. The lowest BCUT2D eigenvalue weighted by Crippen LogP contribution is -2.36. The molecule has 1 aromatic heterocycles. The number of carbonyl (C=O) groups is 1. The molecule has 0 spiro atoms. The van der Waals surface area contributed by atoms with Crippen molar-refractivity contribution in [1.29, 1.82) is 0 Å². The number of likely N-dealkylation sites (N-methyl/N-ethyl adjacent to an activating group) is 1. The van der Waals surface area contributed by atoms with Gasteiger partial charge in [-0.1, -0.05) is 0 Å². The molecule has 1 N–H and O–H groups in total. The van der Waals surface area contributed by atoms with E-state index in [1.807, 2.05) is 26.4 Å². The van der Waals surface area contributed by atoms with Crippen LogP contribution in [0.1, 0.15) is 6.42 Å². The van der Waals surface area contributed by atoms with E-state index in [9.17, 15) is 4.79 Å². The highest BCUT2D eigenvalue weighted by molar-refractivity contribution is 5.98. The van der Waals surface area contributed by atoms with E-state index < -0.39 is 0 Å². The zero-order valence-corrected chi connectivity index (χ0v) is 8.40. The van der Waals surface area contributed by atoms with E-state index in [1.165, 1.54) is 0 Å². The Hall–Kier alpha value is -1.36. The summed E-state index contributed by atoms with van der Waals surface area (Å²) in [5, 5.41) is 7.20. The molecule has 0 saturated carbocycles. The number of hydrogen-bond donors (Lipinski definition) is 1. The maximum absolute atomic E-state index is 11.8. The van der Waals surface area contributed by atoms with Crippen molar-refractivity contribution < 1.29 is 4.79 Å². The summed E-state index contributed by atoms with van der Waals surface area (Å²) in [5.74, 6) is 0.862. The van der Waals surface area contributed by atoms with Gasteiger partial charge in [-0.3, -0.25) is 14.4 Å². The third-order valence-electron chi connectivity index (χ3n) is 2.53. The maximum atomic E-state index is 11.8. The Morgan fingerprint density at radius 2 is 2.43 bits per heavy atom. The molecule has 1 fully saturated rings. The summed E-state index contributed by atoms with van der Waals surface area (Å²) in [7, 11) is 3.66. The van der Waals surface area contributed by atoms with Gasteiger partial charge in [0.15, 0.2) is 5.82 Å². The Morgan fingerprint density at radius 3 is 2.93 bits per heavy atom. The van der Waals surface area contributed by atoms with Gasteiger partial charge in [0.1, 0.15) is 0 Å². The molecule has 1 saturated heterocycles. The molecule has 0 aromatic carbocycles. The van der Waals surface area contributed by atoms with Crippen molar-refractivity contribution in [2.24, 2.45) is 7.05 Å². The fourth-order valence-electron chi connectivity index (χ4n) is 1.72. The number of rotatable bonds is 2. The molecular formula is C9H14N4O. The van der Waals surface area contributed by atoms with Gasteiger partial charge in [0.25, 0.3) is 0 Å². The largest absolute Gasteiger partial charge is 0.309 e. The summed E-state index contributed by atoms with van der Waals surface area (Å²) in [5.41, 5.74) is 0. The van der Waals surface area contributed by atoms with Crippen molar-refractivity contribution >= 4 is 11.7 Å². The fraction of sp³-hybridized carbons (Fsp3) is 0.556. The smallest absolute Gasteiger partial charge is 0.245 e. The molecule has 0 bridgehead atoms. The molecule has 5 heteroatoms. The monoisotopic (exact) mass is 194 g/mol. The number of amides is 1. The average Bonchev–Trinajstić information content (AvgIpc) is 2.72. The number of nitrogens with zero attached hydrogens (tertiary/aromatic N) is 3. The zero-order chi connectivity index (χ0) is 10.1. The summed E-state index contributed by atoms with van der Waals surface area (Å²) in [6, 6.07) is 1.81. The second-order valence-electron chi connectivity index (χ2n) is 3.47. The molecule has 5 nitrogen and oxygen atoms in total. The Bertz CT molecular complexity index is 346. The average molecular weight is 194 g/mol. The SMILES string of the molecule is CNC1CCN(c2ccn(C)n2)C1=O. The lowest BCUT2D eigenvalue weighted by Gasteiger charge is -2.12. The van der Waals surface area contributed by atoms with E-state index in [0.29, 0.717) is 0 Å². The van der Waals surface area contributed by atoms with Crippen molar-refractivity contribution in [3.63, 3.8) is 0 Å². The van der Waals surface area contributed by atoms with Crippen LogP contribution in [0.25, 0.3) is 0 Å². The molecule has 1 aromatic rings. The summed E-state index contributed by atoms with van der Waals surface area (Å²) >= 11 is 0. The quantitative estimate of drug-likeness (QED) is 0.706. The number of anilines is 1. The van der Waals surface area contributed by atoms with Gasteiger partial charge in [-0.05, 0) is 13.5 Å². The molecule has 1 aliphatic heterocycles. The summed E-state index contributed by atoms with van der Waals surface area (Å²) in [4.78, 5) is 13.5. The second-order valence-corrected chi connectivity index (χ2v) is 3.47. The van der Waals surface area contributed by atoms with Gasteiger partial charge in [0, 0.05) is 25.9 Å². The predicted molar refractivity (Wildman–Crippen MR) is 53.0 cm³/mol. The lowest BCUT2D eigenvalue weighted by molar-refractivity contribution is -0.118. The van der Waals surface area contributed by atoms with Crippen LogP contribution in [0.15, 0.2) is 12.3 Å². The number of aromatic nitrogens is 2. The van der Waals surface area contributed by atoms with Crippen molar-refractivity contribution in [2.45, 2.75) is 12.5 Å². The van der Waals surface area contributed by atoms with Crippen LogP contribution in [0.4, 0.5) is 5.82 Å². The van der Waals surface area contributed by atoms with Crippen molar-refractivity contribution in [1.82, 2.24) is 15.1 Å². The molecule has 76 valence electrons. The van der Waals surface area contributed by atoms with Crippen LogP contribution in [-0.2, 0) is 11.8 Å². The molecule has 1 atom stereocenters. The summed E-state index contributed by atoms with van der Waals surface area (Å²) < 4.78 is 1.70. The Kier molecular flexibility index (Phi) is 2.25. The normalized spacial score (nSPS) is 22.0. The van der Waals surface area contributed by atoms with Gasteiger partial charge < -0.3 is 5.32 Å². The minimum absolute atomic E-state index is 0.0444. The number of hydrogen-bond acceptors (Lipinski definition) is 3. The molecule has 0 aliphatic carbocycles. The van der Waals surface area contributed by atoms with Gasteiger partial charge in [-0.15, -0.1) is 0 Å². The highest BCUT2D eigenvalue weighted by Crippen LogP contribution is 2.18. The zero-order valence-electron chi connectivity index (χ0n) is 8.40. The minimum atomic E-state index is -0.0444. The third-order valence-corrected chi connectivity index (χ3v) is 2.53. The Balaban J connectivity index is 2.17. The fourth-order valence-corrected chi connectivity index (χ4v) is 1.72. The van der Waals surface area contributed by atoms with E-state index in [2.05, 4.69) is 10.4 Å². The minimum Gasteiger partial charge on any atom is -0.309 e. The van der Waals surface area contributed by atoms with Crippen LogP contribution in [0, 0.1) is 0 Å². The van der Waals surface area contributed by atoms with E-state index in [0.717, 1.165) is 18.8 Å². The van der Waals surface area contributed by atoms with Gasteiger partial charge in [-0.25, -0.2) is 0 Å². The highest BCUT2D eigenvalue weighted by Gasteiger charge is 2.32. The highest BCUT2D eigenvalue weighted by atomic mass is 16.2. The van der Waals surface area contributed by atoms with E-state index in [-0.39, 0.29) is 11.9 Å². The predicted octanol–water partition coefficient (Wildman–Crippen LogP) is -0.255. The van der Waals surface area contributed by atoms with Crippen LogP contribution in [0.5, 0.6) is 0 Å². The van der Waals surface area contributed by atoms with Gasteiger partial charge >= 0.3 is 0 Å². The van der Waals surface area contributed by atoms with E-state index in [1.54, 1.807) is 9.58 Å². The molecule has 2 heterocycles. The molecular weight excluding hydrogens is 180 g/mol. The van der Waals surface area contributed by atoms with Crippen LogP contribution < -0.4 is 10.2 Å². The number of nitrogens with one attached hydrogen (secondary N) is 1. The topological polar surface area (TPSA) is 50.2 Å². The van der Waals surface area contributed by atoms with Crippen molar-refractivity contribution in [2.75, 3.05) is 18.5 Å². The first-order valence-corrected chi connectivity index (χ1v) is 4.70. The summed E-state index contributed by atoms with van der Waals surface area (Å²) in [6.45, 7) is 0.751. The third kappa shape index (κ3) is 1.39. The van der Waals surface area contributed by atoms with Crippen LogP contribution >= 0.6 is 0 Å². The van der Waals surface area contributed by atoms with Crippen LogP contribution in [0.3, 0.4) is 0 Å². The van der Waals surface area contributed by atoms with Gasteiger partial charge in [0.05, 0.1) is 6.04 Å². The first-order valence-electron chi connectivity index (χ1n) is 4.70. The number of aryl methyl sites for hydroxylation is 1. The van der Waals surface area contributed by atoms with Crippen molar-refractivity contribution in [3.8, 4) is 0 Å². The maximum Gasteiger partial charge on any atom is 0.245 e. The number of carbonyl (C=O) groups excluding carboxylic acids is 1. The van der Waals surface area contributed by atoms with Gasteiger partial charge in [0.2, 0.25) is 5.91 Å². The molecule has 1 aliphatic rings. The second kappa shape index (κ2) is 3.42. The molecule has 14 heavy (non-hydrogen) atoms.